The highest BCUT2D eigenvalue weighted by Gasteiger charge is 2.18. The molecule has 0 bridgehead atoms. The van der Waals surface area contributed by atoms with Crippen LogP contribution in [0.3, 0.4) is 0 Å². The number of hydrogen-bond acceptors (Lipinski definition) is 6. The smallest absolute Gasteiger partial charge is 0.279 e. The third-order valence-electron chi connectivity index (χ3n) is 4.03. The lowest BCUT2D eigenvalue weighted by Crippen LogP contribution is -3.08. The van der Waals surface area contributed by atoms with Crippen LogP contribution in [0.25, 0.3) is 11.5 Å². The zero-order valence-electron chi connectivity index (χ0n) is 15.8. The van der Waals surface area contributed by atoms with E-state index in [0.29, 0.717) is 24.9 Å². The fourth-order valence-corrected chi connectivity index (χ4v) is 3.37. The number of carbonyl (C=O) groups is 1. The average molecular weight is 387 g/mol. The van der Waals surface area contributed by atoms with Crippen molar-refractivity contribution in [1.29, 1.82) is 0 Å². The molecule has 1 amide bonds. The number of furan rings is 1. The number of quaternary nitrogens is 1. The summed E-state index contributed by atoms with van der Waals surface area (Å²) in [6.45, 7) is 4.49. The van der Waals surface area contributed by atoms with E-state index in [-0.39, 0.29) is 5.91 Å². The van der Waals surface area contributed by atoms with Gasteiger partial charge in [-0.15, -0.1) is 22.0 Å². The molecule has 2 N–H and O–H groups in total. The number of rotatable bonds is 7. The molecule has 8 heteroatoms. The van der Waals surface area contributed by atoms with Gasteiger partial charge < -0.3 is 19.1 Å². The molecular formula is C19H23N4O3S+. The van der Waals surface area contributed by atoms with Crippen LogP contribution in [0.1, 0.15) is 17.4 Å². The lowest BCUT2D eigenvalue weighted by molar-refractivity contribution is -0.886. The quantitative estimate of drug-likeness (QED) is 0.605. The van der Waals surface area contributed by atoms with E-state index in [9.17, 15) is 4.79 Å². The fraction of sp³-hybridized carbons (Fsp3) is 0.316. The number of aromatic nitrogens is 2. The molecule has 3 rings (SSSR count). The zero-order chi connectivity index (χ0) is 19.4. The minimum atomic E-state index is -0.0601. The minimum Gasteiger partial charge on any atom is -0.466 e. The molecule has 0 aliphatic rings. The van der Waals surface area contributed by atoms with Crippen LogP contribution in [-0.2, 0) is 11.3 Å². The van der Waals surface area contributed by atoms with Gasteiger partial charge in [-0.05, 0) is 38.3 Å². The topological polar surface area (TPSA) is 85.6 Å². The van der Waals surface area contributed by atoms with Gasteiger partial charge in [-0.2, -0.15) is 0 Å². The van der Waals surface area contributed by atoms with Gasteiger partial charge in [-0.1, -0.05) is 12.1 Å². The van der Waals surface area contributed by atoms with Gasteiger partial charge in [0.25, 0.3) is 17.7 Å². The Morgan fingerprint density at radius 2 is 2.00 bits per heavy atom. The Morgan fingerprint density at radius 1 is 1.22 bits per heavy atom. The number of benzene rings is 1. The molecule has 1 aromatic carbocycles. The number of nitrogens with zero attached hydrogens (tertiary/aromatic N) is 2. The maximum atomic E-state index is 12.3. The van der Waals surface area contributed by atoms with Crippen LogP contribution in [0.5, 0.6) is 0 Å². The Balaban J connectivity index is 1.58. The molecule has 1 atom stereocenters. The molecule has 3 aromatic rings. The van der Waals surface area contributed by atoms with Crippen molar-refractivity contribution in [2.75, 3.05) is 25.2 Å². The van der Waals surface area contributed by atoms with E-state index in [1.807, 2.05) is 57.5 Å². The summed E-state index contributed by atoms with van der Waals surface area (Å²) >= 11 is 1.60. The first-order valence-corrected chi connectivity index (χ1v) is 9.82. The van der Waals surface area contributed by atoms with Crippen molar-refractivity contribution in [2.24, 2.45) is 0 Å². The molecule has 0 saturated carbocycles. The highest BCUT2D eigenvalue weighted by Crippen LogP contribution is 2.25. The number of para-hydroxylation sites is 1. The number of amides is 1. The van der Waals surface area contributed by atoms with E-state index in [4.69, 9.17) is 8.83 Å². The van der Waals surface area contributed by atoms with Gasteiger partial charge in [0.15, 0.2) is 13.1 Å². The summed E-state index contributed by atoms with van der Waals surface area (Å²) in [5.74, 6) is 2.40. The lowest BCUT2D eigenvalue weighted by atomic mass is 10.2. The predicted octanol–water partition coefficient (Wildman–Crippen LogP) is 2.32. The van der Waals surface area contributed by atoms with Crippen LogP contribution in [0.15, 0.2) is 44.1 Å². The predicted molar refractivity (Wildman–Crippen MR) is 104 cm³/mol. The number of hydrogen-bond donors (Lipinski definition) is 2. The molecule has 0 spiro atoms. The van der Waals surface area contributed by atoms with Gasteiger partial charge in [-0.3, -0.25) is 4.79 Å². The summed E-state index contributed by atoms with van der Waals surface area (Å²) < 4.78 is 11.2. The van der Waals surface area contributed by atoms with Crippen molar-refractivity contribution in [2.45, 2.75) is 25.3 Å². The van der Waals surface area contributed by atoms with Gasteiger partial charge in [0.2, 0.25) is 0 Å². The number of likely N-dealkylation sites (N-methyl/N-ethyl adjacent to an activating group) is 1. The molecule has 142 valence electrons. The molecule has 0 saturated heterocycles. The second-order valence-corrected chi connectivity index (χ2v) is 7.24. The van der Waals surface area contributed by atoms with Crippen molar-refractivity contribution in [3.05, 3.63) is 47.7 Å². The van der Waals surface area contributed by atoms with Crippen molar-refractivity contribution >= 4 is 23.4 Å². The second-order valence-electron chi connectivity index (χ2n) is 6.39. The highest BCUT2D eigenvalue weighted by atomic mass is 32.2. The van der Waals surface area contributed by atoms with E-state index in [1.54, 1.807) is 11.8 Å². The summed E-state index contributed by atoms with van der Waals surface area (Å²) in [4.78, 5) is 14.3. The molecule has 0 radical (unpaired) electrons. The molecule has 0 aliphatic carbocycles. The highest BCUT2D eigenvalue weighted by molar-refractivity contribution is 7.98. The number of carbonyl (C=O) groups excluding carboxylic acids is 1. The van der Waals surface area contributed by atoms with Crippen molar-refractivity contribution in [1.82, 2.24) is 10.2 Å². The summed E-state index contributed by atoms with van der Waals surface area (Å²) in [5.41, 5.74) is 1.63. The summed E-state index contributed by atoms with van der Waals surface area (Å²) in [6, 6.07) is 9.62. The van der Waals surface area contributed by atoms with Gasteiger partial charge in [0.05, 0.1) is 18.3 Å². The van der Waals surface area contributed by atoms with Crippen LogP contribution in [-0.4, -0.2) is 36.0 Å². The molecule has 2 heterocycles. The normalized spacial score (nSPS) is 12.1. The van der Waals surface area contributed by atoms with Gasteiger partial charge >= 0.3 is 0 Å². The van der Waals surface area contributed by atoms with Gasteiger partial charge in [0.1, 0.15) is 11.5 Å². The number of nitrogens with one attached hydrogen (secondary N) is 2. The maximum absolute atomic E-state index is 12.3. The Hall–Kier alpha value is -2.58. The monoisotopic (exact) mass is 387 g/mol. The van der Waals surface area contributed by atoms with E-state index < -0.39 is 0 Å². The second kappa shape index (κ2) is 8.41. The summed E-state index contributed by atoms with van der Waals surface area (Å²) in [6.07, 6.45) is 1.98. The number of aryl methyl sites for hydroxylation is 2. The molecule has 7 nitrogen and oxygen atoms in total. The first kappa shape index (κ1) is 19.2. The van der Waals surface area contributed by atoms with Crippen LogP contribution in [0.2, 0.25) is 0 Å². The van der Waals surface area contributed by atoms with E-state index in [2.05, 4.69) is 15.5 Å². The van der Waals surface area contributed by atoms with Crippen LogP contribution >= 0.6 is 11.8 Å². The third-order valence-corrected chi connectivity index (χ3v) is 4.83. The number of anilines is 1. The standard InChI is InChI=1S/C19H22N4O3S/c1-12-9-14(13(2)25-12)19-22-21-18(26-19)11-23(3)10-17(24)20-15-7-5-6-8-16(15)27-4/h5-9H,10-11H2,1-4H3,(H,20,24)/p+1. The van der Waals surface area contributed by atoms with E-state index >= 15 is 0 Å². The maximum Gasteiger partial charge on any atom is 0.279 e. The first-order chi connectivity index (χ1) is 13.0. The Morgan fingerprint density at radius 3 is 2.70 bits per heavy atom. The Kier molecular flexibility index (Phi) is 5.98. The molecular weight excluding hydrogens is 364 g/mol. The van der Waals surface area contributed by atoms with Crippen LogP contribution in [0, 0.1) is 13.8 Å². The molecule has 0 fully saturated rings. The van der Waals surface area contributed by atoms with Crippen molar-refractivity contribution in [3.8, 4) is 11.5 Å². The lowest BCUT2D eigenvalue weighted by Gasteiger charge is -2.13. The first-order valence-electron chi connectivity index (χ1n) is 8.60. The largest absolute Gasteiger partial charge is 0.466 e. The van der Waals surface area contributed by atoms with Crippen LogP contribution in [0.4, 0.5) is 5.69 Å². The molecule has 27 heavy (non-hydrogen) atoms. The summed E-state index contributed by atoms with van der Waals surface area (Å²) in [7, 11) is 1.91. The molecule has 2 aromatic heterocycles. The van der Waals surface area contributed by atoms with Crippen molar-refractivity contribution < 1.29 is 18.5 Å². The van der Waals surface area contributed by atoms with Gasteiger partial charge in [-0.25, -0.2) is 0 Å². The van der Waals surface area contributed by atoms with E-state index in [0.717, 1.165) is 32.6 Å². The van der Waals surface area contributed by atoms with Crippen LogP contribution < -0.4 is 10.2 Å². The zero-order valence-corrected chi connectivity index (χ0v) is 16.6. The summed E-state index contributed by atoms with van der Waals surface area (Å²) in [5, 5.41) is 11.1. The third kappa shape index (κ3) is 4.78. The Labute approximate surface area is 162 Å². The number of thioether (sulfide) groups is 1. The van der Waals surface area contributed by atoms with Crippen molar-refractivity contribution in [3.63, 3.8) is 0 Å². The average Bonchev–Trinajstić information content (AvgIpc) is 3.20. The minimum absolute atomic E-state index is 0.0601. The molecule has 0 aliphatic heterocycles. The Bertz CT molecular complexity index is 935. The fourth-order valence-electron chi connectivity index (χ4n) is 2.81. The molecule has 1 unspecified atom stereocenters. The SMILES string of the molecule is CSc1ccccc1NC(=O)C[NH+](C)Cc1nnc(-c2cc(C)oc2C)o1. The van der Waals surface area contributed by atoms with Gasteiger partial charge in [0, 0.05) is 4.90 Å². The van der Waals surface area contributed by atoms with E-state index in [1.165, 1.54) is 0 Å².